The van der Waals surface area contributed by atoms with E-state index in [0.717, 1.165) is 12.8 Å². The van der Waals surface area contributed by atoms with Crippen LogP contribution in [0.4, 0.5) is 0 Å². The normalized spacial score (nSPS) is 13.9. The van der Waals surface area contributed by atoms with Crippen molar-refractivity contribution in [3.63, 3.8) is 0 Å². The Labute approximate surface area is 197 Å². The zero-order valence-corrected chi connectivity index (χ0v) is 21.8. The molecular weight excluding hydrogens is 383 g/mol. The average Bonchev–Trinajstić information content (AvgIpc) is 2.62. The van der Waals surface area contributed by atoms with E-state index in [0.29, 0.717) is 19.3 Å². The van der Waals surface area contributed by atoms with Gasteiger partial charge in [0.05, 0.1) is 11.4 Å². The van der Waals surface area contributed by atoms with Crippen molar-refractivity contribution in [3.8, 4) is 0 Å². The van der Waals surface area contributed by atoms with E-state index in [-0.39, 0.29) is 29.6 Å². The molecule has 0 heterocycles. The van der Waals surface area contributed by atoms with Crippen molar-refractivity contribution in [2.75, 3.05) is 0 Å². The second kappa shape index (κ2) is 21.1. The molecule has 0 aliphatic carbocycles. The van der Waals surface area contributed by atoms with E-state index < -0.39 is 21.5 Å². The molecule has 0 radical (unpaired) electrons. The molecule has 0 saturated carbocycles. The first-order chi connectivity index (χ1) is 12.9. The molecule has 0 spiro atoms. The van der Waals surface area contributed by atoms with E-state index in [1.165, 1.54) is 83.5 Å². The number of unbranched alkanes of at least 4 members (excludes halogenated alkanes) is 15. The molecule has 28 heavy (non-hydrogen) atoms. The summed E-state index contributed by atoms with van der Waals surface area (Å²) in [7, 11) is -4.40. The first-order valence-corrected chi connectivity index (χ1v) is 13.0. The number of rotatable bonds is 20. The maximum absolute atomic E-state index is 11.2. The van der Waals surface area contributed by atoms with Crippen molar-refractivity contribution in [2.24, 2.45) is 0 Å². The van der Waals surface area contributed by atoms with Crippen molar-refractivity contribution in [1.82, 2.24) is 0 Å². The Bertz CT molecular complexity index is 415. The largest absolute Gasteiger partial charge is 1.00 e. The van der Waals surface area contributed by atoms with E-state index in [4.69, 9.17) is 0 Å². The molecule has 164 valence electrons. The zero-order valence-electron chi connectivity index (χ0n) is 19.0. The van der Waals surface area contributed by atoms with Crippen LogP contribution in [-0.2, 0) is 10.1 Å². The number of aliphatic hydroxyl groups excluding tert-OH is 1. The van der Waals surface area contributed by atoms with Crippen molar-refractivity contribution in [2.45, 2.75) is 141 Å². The van der Waals surface area contributed by atoms with Crippen LogP contribution in [0.1, 0.15) is 129 Å². The Morgan fingerprint density at radius 3 is 1.29 bits per heavy atom. The Balaban J connectivity index is 0. The fourth-order valence-corrected chi connectivity index (χ4v) is 4.72. The molecule has 0 fully saturated rings. The molecular formula is C22H45NaO4S. The Hall–Kier alpha value is 0.870. The number of hydrogen-bond donors (Lipinski definition) is 1. The van der Waals surface area contributed by atoms with Crippen molar-refractivity contribution in [3.05, 3.63) is 0 Å². The second-order valence-electron chi connectivity index (χ2n) is 8.10. The molecule has 0 aromatic heterocycles. The summed E-state index contributed by atoms with van der Waals surface area (Å²) in [5.41, 5.74) is 0. The van der Waals surface area contributed by atoms with E-state index in [2.05, 4.69) is 6.92 Å². The minimum atomic E-state index is -4.40. The van der Waals surface area contributed by atoms with E-state index in [1.54, 1.807) is 6.92 Å². The smallest absolute Gasteiger partial charge is 0.748 e. The number of hydrogen-bond acceptors (Lipinski definition) is 4. The summed E-state index contributed by atoms with van der Waals surface area (Å²) in [5.74, 6) is 0. The summed E-state index contributed by atoms with van der Waals surface area (Å²) < 4.78 is 33.6. The van der Waals surface area contributed by atoms with Crippen LogP contribution in [-0.4, -0.2) is 29.4 Å². The van der Waals surface area contributed by atoms with Crippen molar-refractivity contribution in [1.29, 1.82) is 0 Å². The maximum Gasteiger partial charge on any atom is 1.00 e. The van der Waals surface area contributed by atoms with E-state index in [1.807, 2.05) is 0 Å². The predicted molar refractivity (Wildman–Crippen MR) is 114 cm³/mol. The van der Waals surface area contributed by atoms with Gasteiger partial charge in [0, 0.05) is 0 Å². The van der Waals surface area contributed by atoms with Crippen LogP contribution in [0.15, 0.2) is 0 Å². The van der Waals surface area contributed by atoms with Gasteiger partial charge in [0.25, 0.3) is 0 Å². The quantitative estimate of drug-likeness (QED) is 0.183. The van der Waals surface area contributed by atoms with Gasteiger partial charge in [0.1, 0.15) is 10.1 Å². The molecule has 0 aromatic rings. The van der Waals surface area contributed by atoms with Gasteiger partial charge in [-0.15, -0.1) is 0 Å². The van der Waals surface area contributed by atoms with Crippen molar-refractivity contribution < 1.29 is 47.6 Å². The Morgan fingerprint density at radius 2 is 1.00 bits per heavy atom. The van der Waals surface area contributed by atoms with Crippen LogP contribution in [0.5, 0.6) is 0 Å². The molecule has 0 saturated heterocycles. The van der Waals surface area contributed by atoms with Gasteiger partial charge in [-0.05, 0) is 12.8 Å². The molecule has 4 nitrogen and oxygen atoms in total. The molecule has 0 aromatic carbocycles. The Kier molecular flexibility index (Phi) is 23.4. The standard InChI is InChI=1S/C22H46O4S.Na/c1-3-5-6-7-8-9-10-11-12-13-14-15-16-17-18-19-20-22(21(23)4-2)27(24,25)26;/h21-23H,3-20H2,1-2H3,(H,24,25,26);/q;+1/p-1. The summed E-state index contributed by atoms with van der Waals surface area (Å²) in [5, 5.41) is 8.57. The summed E-state index contributed by atoms with van der Waals surface area (Å²) >= 11 is 0. The van der Waals surface area contributed by atoms with Crippen LogP contribution in [0.25, 0.3) is 0 Å². The summed E-state index contributed by atoms with van der Waals surface area (Å²) in [6.45, 7) is 3.96. The van der Waals surface area contributed by atoms with Crippen LogP contribution in [0, 0.1) is 0 Å². The first kappa shape index (κ1) is 31.1. The van der Waals surface area contributed by atoms with E-state index in [9.17, 15) is 18.1 Å². The fraction of sp³-hybridized carbons (Fsp3) is 1.00. The minimum absolute atomic E-state index is 0. The molecule has 0 aliphatic rings. The van der Waals surface area contributed by atoms with Gasteiger partial charge in [0.15, 0.2) is 0 Å². The molecule has 0 amide bonds. The number of aliphatic hydroxyl groups is 1. The third-order valence-corrected chi connectivity index (χ3v) is 6.85. The molecule has 6 heteroatoms. The second-order valence-corrected chi connectivity index (χ2v) is 9.69. The maximum atomic E-state index is 11.2. The van der Waals surface area contributed by atoms with Gasteiger partial charge in [-0.2, -0.15) is 0 Å². The molecule has 0 aliphatic heterocycles. The summed E-state index contributed by atoms with van der Waals surface area (Å²) in [6, 6.07) is 0. The molecule has 2 unspecified atom stereocenters. The topological polar surface area (TPSA) is 77.4 Å². The fourth-order valence-electron chi connectivity index (χ4n) is 3.69. The molecule has 1 N–H and O–H groups in total. The minimum Gasteiger partial charge on any atom is -0.748 e. The van der Waals surface area contributed by atoms with Gasteiger partial charge in [-0.25, -0.2) is 8.42 Å². The third-order valence-electron chi connectivity index (χ3n) is 5.56. The third kappa shape index (κ3) is 18.9. The Morgan fingerprint density at radius 1 is 0.679 bits per heavy atom. The van der Waals surface area contributed by atoms with Gasteiger partial charge < -0.3 is 9.66 Å². The van der Waals surface area contributed by atoms with Crippen LogP contribution in [0.3, 0.4) is 0 Å². The SMILES string of the molecule is CCCCCCCCCCCCCCCCCCC(C(O)CC)S(=O)(=O)[O-].[Na+]. The average molecular weight is 429 g/mol. The monoisotopic (exact) mass is 428 g/mol. The van der Waals surface area contributed by atoms with Gasteiger partial charge >= 0.3 is 29.6 Å². The van der Waals surface area contributed by atoms with Crippen LogP contribution < -0.4 is 29.6 Å². The van der Waals surface area contributed by atoms with E-state index >= 15 is 0 Å². The summed E-state index contributed by atoms with van der Waals surface area (Å²) in [4.78, 5) is 0. The van der Waals surface area contributed by atoms with Gasteiger partial charge in [-0.1, -0.05) is 117 Å². The van der Waals surface area contributed by atoms with Gasteiger partial charge in [-0.3, -0.25) is 0 Å². The molecule has 2 atom stereocenters. The summed E-state index contributed by atoms with van der Waals surface area (Å²) in [6.07, 6.45) is 19.8. The van der Waals surface area contributed by atoms with Crippen LogP contribution in [0.2, 0.25) is 0 Å². The zero-order chi connectivity index (χ0) is 20.4. The molecule has 0 rings (SSSR count). The first-order valence-electron chi connectivity index (χ1n) is 11.6. The predicted octanol–water partition coefficient (Wildman–Crippen LogP) is 3.33. The molecule has 0 bridgehead atoms. The van der Waals surface area contributed by atoms with Crippen molar-refractivity contribution >= 4 is 10.1 Å². The van der Waals surface area contributed by atoms with Crippen LogP contribution >= 0.6 is 0 Å². The van der Waals surface area contributed by atoms with Gasteiger partial charge in [0.2, 0.25) is 0 Å².